The number of methoxy groups -OCH3 is 1. The summed E-state index contributed by atoms with van der Waals surface area (Å²) in [6.07, 6.45) is 2.51. The van der Waals surface area contributed by atoms with Crippen molar-refractivity contribution in [2.24, 2.45) is 0 Å². The molecule has 5 heteroatoms. The lowest BCUT2D eigenvalue weighted by molar-refractivity contribution is -0.139. The van der Waals surface area contributed by atoms with Crippen LogP contribution in [0.25, 0.3) is 0 Å². The average molecular weight is 250 g/mol. The van der Waals surface area contributed by atoms with Crippen molar-refractivity contribution in [2.45, 2.75) is 32.9 Å². The number of rotatable bonds is 4. The Morgan fingerprint density at radius 1 is 1.56 bits per heavy atom. The molecule has 1 N–H and O–H groups in total. The lowest BCUT2D eigenvalue weighted by Gasteiger charge is -2.14. The number of cyclic esters (lactones) is 1. The molecule has 2 rings (SSSR count). The van der Waals surface area contributed by atoms with Crippen molar-refractivity contribution in [2.75, 3.05) is 13.7 Å². The van der Waals surface area contributed by atoms with Gasteiger partial charge in [0.05, 0.1) is 19.4 Å². The molecule has 0 saturated carbocycles. The number of nitrogens with one attached hydrogen (secondary N) is 1. The molecule has 1 aliphatic heterocycles. The van der Waals surface area contributed by atoms with Crippen LogP contribution in [-0.2, 0) is 16.1 Å². The molecule has 0 amide bonds. The molecule has 5 nitrogen and oxygen atoms in total. The van der Waals surface area contributed by atoms with Gasteiger partial charge in [0, 0.05) is 30.3 Å². The Labute approximate surface area is 107 Å². The summed E-state index contributed by atoms with van der Waals surface area (Å²) >= 11 is 0. The van der Waals surface area contributed by atoms with Crippen molar-refractivity contribution in [3.8, 4) is 5.75 Å². The minimum Gasteiger partial charge on any atom is -0.496 e. The summed E-state index contributed by atoms with van der Waals surface area (Å²) in [5.74, 6) is 0.683. The van der Waals surface area contributed by atoms with Gasteiger partial charge in [-0.1, -0.05) is 0 Å². The van der Waals surface area contributed by atoms with Gasteiger partial charge in [0.1, 0.15) is 11.8 Å². The SMILES string of the molecule is COc1c(C)cnc(CN[C@H]2CCOC2=O)c1C. The lowest BCUT2D eigenvalue weighted by Crippen LogP contribution is -2.33. The quantitative estimate of drug-likeness (QED) is 0.811. The van der Waals surface area contributed by atoms with E-state index in [9.17, 15) is 4.79 Å². The Hall–Kier alpha value is -1.62. The van der Waals surface area contributed by atoms with Gasteiger partial charge in [-0.25, -0.2) is 0 Å². The number of nitrogens with zero attached hydrogens (tertiary/aromatic N) is 1. The lowest BCUT2D eigenvalue weighted by atomic mass is 10.1. The molecule has 1 aromatic rings. The van der Waals surface area contributed by atoms with E-state index < -0.39 is 0 Å². The third-order valence-corrected chi connectivity index (χ3v) is 3.20. The van der Waals surface area contributed by atoms with E-state index in [0.29, 0.717) is 13.2 Å². The minimum atomic E-state index is -0.210. The fourth-order valence-electron chi connectivity index (χ4n) is 2.15. The van der Waals surface area contributed by atoms with E-state index in [0.717, 1.165) is 29.0 Å². The highest BCUT2D eigenvalue weighted by Gasteiger charge is 2.26. The van der Waals surface area contributed by atoms with E-state index in [1.165, 1.54) is 0 Å². The summed E-state index contributed by atoms with van der Waals surface area (Å²) in [7, 11) is 1.65. The van der Waals surface area contributed by atoms with E-state index in [2.05, 4.69) is 10.3 Å². The molecule has 2 heterocycles. The zero-order chi connectivity index (χ0) is 13.1. The Morgan fingerprint density at radius 3 is 2.94 bits per heavy atom. The van der Waals surface area contributed by atoms with Gasteiger partial charge < -0.3 is 9.47 Å². The van der Waals surface area contributed by atoms with Crippen molar-refractivity contribution in [3.05, 3.63) is 23.0 Å². The van der Waals surface area contributed by atoms with Gasteiger partial charge in [-0.3, -0.25) is 15.1 Å². The second kappa shape index (κ2) is 5.35. The number of aromatic nitrogens is 1. The Morgan fingerprint density at radius 2 is 2.33 bits per heavy atom. The van der Waals surface area contributed by atoms with Gasteiger partial charge in [0.2, 0.25) is 0 Å². The highest BCUT2D eigenvalue weighted by atomic mass is 16.5. The summed E-state index contributed by atoms with van der Waals surface area (Å²) in [5, 5.41) is 3.17. The third kappa shape index (κ3) is 2.46. The van der Waals surface area contributed by atoms with E-state index in [1.807, 2.05) is 13.8 Å². The van der Waals surface area contributed by atoms with Gasteiger partial charge in [-0.15, -0.1) is 0 Å². The maximum atomic E-state index is 11.3. The summed E-state index contributed by atoms with van der Waals surface area (Å²) in [6, 6.07) is -0.210. The molecule has 1 aromatic heterocycles. The van der Waals surface area contributed by atoms with Gasteiger partial charge in [-0.2, -0.15) is 0 Å². The van der Waals surface area contributed by atoms with Crippen molar-refractivity contribution in [3.63, 3.8) is 0 Å². The predicted octanol–water partition coefficient (Wildman–Crippen LogP) is 1.11. The van der Waals surface area contributed by atoms with Crippen LogP contribution in [0.5, 0.6) is 5.75 Å². The van der Waals surface area contributed by atoms with Crippen molar-refractivity contribution in [1.29, 1.82) is 0 Å². The number of hydrogen-bond donors (Lipinski definition) is 1. The summed E-state index contributed by atoms with van der Waals surface area (Å²) < 4.78 is 10.3. The van der Waals surface area contributed by atoms with Gasteiger partial charge in [0.25, 0.3) is 0 Å². The highest BCUT2D eigenvalue weighted by Crippen LogP contribution is 2.24. The van der Waals surface area contributed by atoms with Crippen LogP contribution in [0, 0.1) is 13.8 Å². The molecule has 0 radical (unpaired) electrons. The van der Waals surface area contributed by atoms with Gasteiger partial charge in [-0.05, 0) is 13.8 Å². The second-order valence-electron chi connectivity index (χ2n) is 4.44. The molecule has 18 heavy (non-hydrogen) atoms. The first-order valence-corrected chi connectivity index (χ1v) is 6.02. The molecule has 0 unspecified atom stereocenters. The molecule has 1 fully saturated rings. The minimum absolute atomic E-state index is 0.174. The topological polar surface area (TPSA) is 60.4 Å². The number of carbonyl (C=O) groups excluding carboxylic acids is 1. The van der Waals surface area contributed by atoms with Crippen LogP contribution in [-0.4, -0.2) is 30.7 Å². The van der Waals surface area contributed by atoms with Crippen LogP contribution >= 0.6 is 0 Å². The first-order valence-electron chi connectivity index (χ1n) is 6.02. The molecule has 0 spiro atoms. The molecule has 1 atom stereocenters. The van der Waals surface area contributed by atoms with E-state index in [4.69, 9.17) is 9.47 Å². The molecule has 1 aliphatic rings. The number of carbonyl (C=O) groups is 1. The third-order valence-electron chi connectivity index (χ3n) is 3.20. The van der Waals surface area contributed by atoms with Crippen LogP contribution in [0.4, 0.5) is 0 Å². The number of ether oxygens (including phenoxy) is 2. The molecule has 0 aliphatic carbocycles. The monoisotopic (exact) mass is 250 g/mol. The first kappa shape index (κ1) is 12.8. The largest absolute Gasteiger partial charge is 0.496 e. The average Bonchev–Trinajstić information content (AvgIpc) is 2.75. The van der Waals surface area contributed by atoms with Crippen LogP contribution in [0.3, 0.4) is 0 Å². The number of pyridine rings is 1. The predicted molar refractivity (Wildman–Crippen MR) is 66.5 cm³/mol. The van der Waals surface area contributed by atoms with E-state index in [1.54, 1.807) is 13.3 Å². The molecular formula is C13H18N2O3. The maximum absolute atomic E-state index is 11.3. The highest BCUT2D eigenvalue weighted by molar-refractivity contribution is 5.77. The van der Waals surface area contributed by atoms with Crippen molar-refractivity contribution < 1.29 is 14.3 Å². The number of esters is 1. The first-order chi connectivity index (χ1) is 8.63. The second-order valence-corrected chi connectivity index (χ2v) is 4.44. The van der Waals surface area contributed by atoms with Crippen LogP contribution < -0.4 is 10.1 Å². The summed E-state index contributed by atoms with van der Waals surface area (Å²) in [5.41, 5.74) is 2.92. The summed E-state index contributed by atoms with van der Waals surface area (Å²) in [4.78, 5) is 15.7. The standard InChI is InChI=1S/C13H18N2O3/c1-8-6-14-11(9(2)12(8)17-3)7-15-10-4-5-18-13(10)16/h6,10,15H,4-5,7H2,1-3H3/t10-/m0/s1. The fourth-order valence-corrected chi connectivity index (χ4v) is 2.15. The van der Waals surface area contributed by atoms with Gasteiger partial charge >= 0.3 is 5.97 Å². The van der Waals surface area contributed by atoms with Crippen LogP contribution in [0.1, 0.15) is 23.2 Å². The van der Waals surface area contributed by atoms with Crippen molar-refractivity contribution in [1.82, 2.24) is 10.3 Å². The Bertz CT molecular complexity index is 460. The van der Waals surface area contributed by atoms with E-state index in [-0.39, 0.29) is 12.0 Å². The fraction of sp³-hybridized carbons (Fsp3) is 0.538. The molecule has 98 valence electrons. The van der Waals surface area contributed by atoms with Crippen LogP contribution in [0.15, 0.2) is 6.20 Å². The zero-order valence-electron chi connectivity index (χ0n) is 10.9. The summed E-state index contributed by atoms with van der Waals surface area (Å²) in [6.45, 7) is 4.98. The Kier molecular flexibility index (Phi) is 3.81. The smallest absolute Gasteiger partial charge is 0.323 e. The molecule has 1 saturated heterocycles. The maximum Gasteiger partial charge on any atom is 0.323 e. The van der Waals surface area contributed by atoms with Crippen LogP contribution in [0.2, 0.25) is 0 Å². The van der Waals surface area contributed by atoms with Crippen molar-refractivity contribution >= 4 is 5.97 Å². The van der Waals surface area contributed by atoms with Gasteiger partial charge in [0.15, 0.2) is 0 Å². The zero-order valence-corrected chi connectivity index (χ0v) is 10.9. The number of aryl methyl sites for hydroxylation is 1. The normalized spacial score (nSPS) is 18.8. The molecular weight excluding hydrogens is 232 g/mol. The Balaban J connectivity index is 2.07. The van der Waals surface area contributed by atoms with E-state index >= 15 is 0 Å². The molecule has 0 bridgehead atoms. The number of hydrogen-bond acceptors (Lipinski definition) is 5. The molecule has 0 aromatic carbocycles.